The Morgan fingerprint density at radius 1 is 1.05 bits per heavy atom. The van der Waals surface area contributed by atoms with Crippen molar-refractivity contribution in [1.29, 1.82) is 0 Å². The standard InChI is InChI=1S/C15H13Cl2NO2S/c1-2-8-18(14-6-4-3-5-7-14)21(19,20)15-10-12(16)9-13(17)11-15/h2-7,9-11H,1,8H2. The molecule has 0 saturated heterocycles. The van der Waals surface area contributed by atoms with Crippen LogP contribution in [0, 0.1) is 0 Å². The van der Waals surface area contributed by atoms with Crippen LogP contribution in [0.15, 0.2) is 66.1 Å². The van der Waals surface area contributed by atoms with Crippen LogP contribution in [0.1, 0.15) is 0 Å². The van der Waals surface area contributed by atoms with Crippen LogP contribution in [0.2, 0.25) is 10.0 Å². The second-order valence-electron chi connectivity index (χ2n) is 4.27. The molecule has 2 aromatic carbocycles. The molecule has 0 radical (unpaired) electrons. The minimum atomic E-state index is -3.77. The van der Waals surface area contributed by atoms with E-state index >= 15 is 0 Å². The van der Waals surface area contributed by atoms with Gasteiger partial charge in [-0.05, 0) is 30.3 Å². The molecule has 0 unspecified atom stereocenters. The van der Waals surface area contributed by atoms with Crippen LogP contribution >= 0.6 is 23.2 Å². The van der Waals surface area contributed by atoms with Crippen LogP contribution in [0.4, 0.5) is 5.69 Å². The molecule has 21 heavy (non-hydrogen) atoms. The topological polar surface area (TPSA) is 37.4 Å². The second kappa shape index (κ2) is 6.52. The van der Waals surface area contributed by atoms with Gasteiger partial charge in [0.05, 0.1) is 17.1 Å². The molecule has 6 heteroatoms. The lowest BCUT2D eigenvalue weighted by Gasteiger charge is -2.23. The van der Waals surface area contributed by atoms with Crippen molar-refractivity contribution >= 4 is 38.9 Å². The van der Waals surface area contributed by atoms with Crippen molar-refractivity contribution < 1.29 is 8.42 Å². The van der Waals surface area contributed by atoms with E-state index in [1.807, 2.05) is 6.07 Å². The SMILES string of the molecule is C=CCN(c1ccccc1)S(=O)(=O)c1cc(Cl)cc(Cl)c1. The molecule has 0 aromatic heterocycles. The van der Waals surface area contributed by atoms with E-state index in [4.69, 9.17) is 23.2 Å². The molecule has 3 nitrogen and oxygen atoms in total. The Morgan fingerprint density at radius 3 is 2.14 bits per heavy atom. The lowest BCUT2D eigenvalue weighted by atomic mass is 10.3. The van der Waals surface area contributed by atoms with E-state index in [1.54, 1.807) is 24.3 Å². The fourth-order valence-electron chi connectivity index (χ4n) is 1.86. The van der Waals surface area contributed by atoms with Crippen LogP contribution in [0.25, 0.3) is 0 Å². The van der Waals surface area contributed by atoms with E-state index in [-0.39, 0.29) is 21.5 Å². The number of rotatable bonds is 5. The van der Waals surface area contributed by atoms with Crippen LogP contribution in [-0.4, -0.2) is 15.0 Å². The highest BCUT2D eigenvalue weighted by Gasteiger charge is 2.24. The summed E-state index contributed by atoms with van der Waals surface area (Å²) in [5.41, 5.74) is 0.550. The Morgan fingerprint density at radius 2 is 1.62 bits per heavy atom. The number of nitrogens with zero attached hydrogens (tertiary/aromatic N) is 1. The van der Waals surface area contributed by atoms with Gasteiger partial charge in [0, 0.05) is 10.0 Å². The molecule has 0 spiro atoms. The molecule has 0 saturated carbocycles. The fourth-order valence-corrected chi connectivity index (χ4v) is 4.02. The number of halogens is 2. The van der Waals surface area contributed by atoms with Gasteiger partial charge < -0.3 is 0 Å². The first-order chi connectivity index (χ1) is 9.95. The third-order valence-corrected chi connectivity index (χ3v) is 4.97. The third kappa shape index (κ3) is 3.59. The van der Waals surface area contributed by atoms with Crippen molar-refractivity contribution in [2.45, 2.75) is 4.90 Å². The molecule has 0 aliphatic rings. The van der Waals surface area contributed by atoms with Crippen LogP contribution in [0.5, 0.6) is 0 Å². The maximum absolute atomic E-state index is 12.8. The normalized spacial score (nSPS) is 11.1. The van der Waals surface area contributed by atoms with Gasteiger partial charge in [-0.3, -0.25) is 4.31 Å². The molecule has 2 rings (SSSR count). The minimum Gasteiger partial charge on any atom is -0.263 e. The van der Waals surface area contributed by atoms with Crippen molar-refractivity contribution in [2.24, 2.45) is 0 Å². The summed E-state index contributed by atoms with van der Waals surface area (Å²) < 4.78 is 26.8. The Labute approximate surface area is 134 Å². The molecule has 0 bridgehead atoms. The minimum absolute atomic E-state index is 0.0469. The number of hydrogen-bond donors (Lipinski definition) is 0. The van der Waals surface area contributed by atoms with E-state index in [0.29, 0.717) is 5.69 Å². The zero-order valence-corrected chi connectivity index (χ0v) is 13.4. The van der Waals surface area contributed by atoms with Crippen LogP contribution < -0.4 is 4.31 Å². The lowest BCUT2D eigenvalue weighted by molar-refractivity contribution is 0.593. The van der Waals surface area contributed by atoms with E-state index in [2.05, 4.69) is 6.58 Å². The number of sulfonamides is 1. The summed E-state index contributed by atoms with van der Waals surface area (Å²) in [6.07, 6.45) is 1.52. The predicted octanol–water partition coefficient (Wildman–Crippen LogP) is 4.37. The highest BCUT2D eigenvalue weighted by atomic mass is 35.5. The average molecular weight is 342 g/mol. The van der Waals surface area contributed by atoms with Gasteiger partial charge in [-0.2, -0.15) is 0 Å². The van der Waals surface area contributed by atoms with E-state index in [0.717, 1.165) is 0 Å². The molecule has 2 aromatic rings. The molecule has 0 aliphatic heterocycles. The highest BCUT2D eigenvalue weighted by Crippen LogP contribution is 2.27. The second-order valence-corrected chi connectivity index (χ2v) is 7.00. The van der Waals surface area contributed by atoms with Crippen molar-refractivity contribution in [3.63, 3.8) is 0 Å². The van der Waals surface area contributed by atoms with Crippen molar-refractivity contribution in [3.05, 3.63) is 71.2 Å². The molecular weight excluding hydrogens is 329 g/mol. The Bertz CT molecular complexity index is 725. The van der Waals surface area contributed by atoms with Gasteiger partial charge in [-0.25, -0.2) is 8.42 Å². The van der Waals surface area contributed by atoms with Gasteiger partial charge in [-0.15, -0.1) is 6.58 Å². The van der Waals surface area contributed by atoms with Crippen LogP contribution in [0.3, 0.4) is 0 Å². The first-order valence-electron chi connectivity index (χ1n) is 6.10. The average Bonchev–Trinajstić information content (AvgIpc) is 2.44. The zero-order valence-electron chi connectivity index (χ0n) is 11.0. The summed E-state index contributed by atoms with van der Waals surface area (Å²) in [6, 6.07) is 13.0. The van der Waals surface area contributed by atoms with Crippen molar-refractivity contribution in [2.75, 3.05) is 10.8 Å². The van der Waals surface area contributed by atoms with Gasteiger partial charge in [0.2, 0.25) is 0 Å². The molecule has 0 N–H and O–H groups in total. The quantitative estimate of drug-likeness (QED) is 0.757. The zero-order chi connectivity index (χ0) is 15.5. The smallest absolute Gasteiger partial charge is 0.263 e. The molecular formula is C15H13Cl2NO2S. The maximum atomic E-state index is 12.8. The van der Waals surface area contributed by atoms with Gasteiger partial charge in [-0.1, -0.05) is 47.5 Å². The number of benzene rings is 2. The van der Waals surface area contributed by atoms with E-state index in [9.17, 15) is 8.42 Å². The van der Waals surface area contributed by atoms with Crippen LogP contribution in [-0.2, 0) is 10.0 Å². The molecule has 0 amide bonds. The number of hydrogen-bond acceptors (Lipinski definition) is 2. The predicted molar refractivity (Wildman–Crippen MR) is 87.6 cm³/mol. The van der Waals surface area contributed by atoms with Gasteiger partial charge in [0.1, 0.15) is 0 Å². The van der Waals surface area contributed by atoms with Gasteiger partial charge in [0.15, 0.2) is 0 Å². The molecule has 0 aliphatic carbocycles. The Hall–Kier alpha value is -1.49. The largest absolute Gasteiger partial charge is 0.264 e. The Kier molecular flexibility index (Phi) is 4.93. The monoisotopic (exact) mass is 341 g/mol. The molecule has 0 atom stereocenters. The Balaban J connectivity index is 2.55. The number of para-hydroxylation sites is 1. The molecule has 110 valence electrons. The maximum Gasteiger partial charge on any atom is 0.264 e. The summed E-state index contributed by atoms with van der Waals surface area (Å²) >= 11 is 11.8. The summed E-state index contributed by atoms with van der Waals surface area (Å²) in [7, 11) is -3.77. The highest BCUT2D eigenvalue weighted by molar-refractivity contribution is 7.92. The summed E-state index contributed by atoms with van der Waals surface area (Å²) in [5.74, 6) is 0. The van der Waals surface area contributed by atoms with Crippen molar-refractivity contribution in [1.82, 2.24) is 0 Å². The van der Waals surface area contributed by atoms with Gasteiger partial charge >= 0.3 is 0 Å². The molecule has 0 heterocycles. The lowest BCUT2D eigenvalue weighted by Crippen LogP contribution is -2.31. The van der Waals surface area contributed by atoms with Crippen molar-refractivity contribution in [3.8, 4) is 0 Å². The summed E-state index contributed by atoms with van der Waals surface area (Å²) in [5, 5.41) is 0.542. The third-order valence-electron chi connectivity index (χ3n) is 2.76. The van der Waals surface area contributed by atoms with E-state index < -0.39 is 10.0 Å². The first kappa shape index (κ1) is 15.9. The molecule has 0 fully saturated rings. The summed E-state index contributed by atoms with van der Waals surface area (Å²) in [4.78, 5) is 0.0469. The summed E-state index contributed by atoms with van der Waals surface area (Å²) in [6.45, 7) is 3.76. The van der Waals surface area contributed by atoms with Gasteiger partial charge in [0.25, 0.3) is 10.0 Å². The fraction of sp³-hybridized carbons (Fsp3) is 0.0667. The first-order valence-corrected chi connectivity index (χ1v) is 8.29. The number of anilines is 1. The van der Waals surface area contributed by atoms with E-state index in [1.165, 1.54) is 28.6 Å².